The van der Waals surface area contributed by atoms with Crippen LogP contribution in [0.3, 0.4) is 0 Å². The van der Waals surface area contributed by atoms with E-state index in [1.54, 1.807) is 6.07 Å². The molecule has 4 rings (SSSR count). The number of likely N-dealkylation sites (tertiary alicyclic amines) is 1. The van der Waals surface area contributed by atoms with E-state index in [2.05, 4.69) is 10.2 Å². The number of carbonyl (C=O) groups is 1. The number of benzene rings is 1. The van der Waals surface area contributed by atoms with Gasteiger partial charge in [-0.1, -0.05) is 48.5 Å². The number of piperidine rings is 1. The van der Waals surface area contributed by atoms with Crippen LogP contribution in [0.15, 0.2) is 18.2 Å². The predicted molar refractivity (Wildman–Crippen MR) is 112 cm³/mol. The fourth-order valence-electron chi connectivity index (χ4n) is 5.48. The maximum absolute atomic E-state index is 13.2. The Kier molecular flexibility index (Phi) is 6.43. The SMILES string of the molecule is O=C(Cc1ccc(Cl)c(Cl)c1)C1NC(CN2CCCC2)CC2CCCCC21. The highest BCUT2D eigenvalue weighted by Gasteiger charge is 2.41. The van der Waals surface area contributed by atoms with Crippen molar-refractivity contribution in [3.63, 3.8) is 0 Å². The maximum Gasteiger partial charge on any atom is 0.154 e. The first-order valence-electron chi connectivity index (χ1n) is 10.5. The van der Waals surface area contributed by atoms with Crippen molar-refractivity contribution in [3.8, 4) is 0 Å². The molecule has 0 amide bonds. The molecule has 3 fully saturated rings. The average molecular weight is 409 g/mol. The Labute approximate surface area is 172 Å². The van der Waals surface area contributed by atoms with Crippen LogP contribution in [0.1, 0.15) is 50.5 Å². The van der Waals surface area contributed by atoms with E-state index in [1.165, 1.54) is 58.0 Å². The molecule has 0 radical (unpaired) electrons. The summed E-state index contributed by atoms with van der Waals surface area (Å²) in [6.45, 7) is 3.53. The van der Waals surface area contributed by atoms with Gasteiger partial charge < -0.3 is 10.2 Å². The summed E-state index contributed by atoms with van der Waals surface area (Å²) in [5.74, 6) is 1.52. The number of halogens is 2. The lowest BCUT2D eigenvalue weighted by Crippen LogP contribution is -2.58. The standard InChI is InChI=1S/C22H30Cl2N2O/c23-19-8-7-15(11-20(19)24)12-21(27)22-18-6-2-1-5-16(18)13-17(25-22)14-26-9-3-4-10-26/h7-8,11,16-18,22,25H,1-6,9-10,12-14H2. The number of fused-ring (bicyclic) bond motifs is 1. The molecule has 3 aliphatic rings. The molecule has 5 heteroatoms. The Balaban J connectivity index is 1.46. The third kappa shape index (κ3) is 4.70. The first-order chi connectivity index (χ1) is 13.1. The summed E-state index contributed by atoms with van der Waals surface area (Å²) in [5.41, 5.74) is 0.963. The summed E-state index contributed by atoms with van der Waals surface area (Å²) < 4.78 is 0. The van der Waals surface area contributed by atoms with Gasteiger partial charge in [-0.05, 0) is 68.3 Å². The number of hydrogen-bond donors (Lipinski definition) is 1. The first-order valence-corrected chi connectivity index (χ1v) is 11.3. The molecule has 3 nitrogen and oxygen atoms in total. The summed E-state index contributed by atoms with van der Waals surface area (Å²) in [6.07, 6.45) is 9.37. The molecule has 1 saturated carbocycles. The van der Waals surface area contributed by atoms with Crippen molar-refractivity contribution in [1.82, 2.24) is 10.2 Å². The van der Waals surface area contributed by atoms with Crippen LogP contribution >= 0.6 is 23.2 Å². The minimum atomic E-state index is -0.00823. The van der Waals surface area contributed by atoms with Gasteiger partial charge in [0.05, 0.1) is 16.1 Å². The highest BCUT2D eigenvalue weighted by atomic mass is 35.5. The first kappa shape index (κ1) is 19.7. The molecule has 0 bridgehead atoms. The normalized spacial score (nSPS) is 31.6. The Bertz CT molecular complexity index is 674. The van der Waals surface area contributed by atoms with Crippen molar-refractivity contribution in [3.05, 3.63) is 33.8 Å². The van der Waals surface area contributed by atoms with Gasteiger partial charge in [0.25, 0.3) is 0 Å². The van der Waals surface area contributed by atoms with E-state index in [0.717, 1.165) is 12.1 Å². The fourth-order valence-corrected chi connectivity index (χ4v) is 5.80. The predicted octanol–water partition coefficient (Wildman–Crippen LogP) is 4.74. The lowest BCUT2D eigenvalue weighted by atomic mass is 9.68. The minimum absolute atomic E-state index is 0.00823. The second-order valence-corrected chi connectivity index (χ2v) is 9.50. The van der Waals surface area contributed by atoms with Gasteiger partial charge in [0.15, 0.2) is 5.78 Å². The topological polar surface area (TPSA) is 32.3 Å². The van der Waals surface area contributed by atoms with Crippen LogP contribution in [0, 0.1) is 11.8 Å². The van der Waals surface area contributed by atoms with Crippen molar-refractivity contribution < 1.29 is 4.79 Å². The van der Waals surface area contributed by atoms with E-state index in [1.807, 2.05) is 12.1 Å². The number of hydrogen-bond acceptors (Lipinski definition) is 3. The number of rotatable bonds is 5. The molecule has 1 N–H and O–H groups in total. The van der Waals surface area contributed by atoms with Gasteiger partial charge in [0.1, 0.15) is 0 Å². The zero-order valence-corrected chi connectivity index (χ0v) is 17.4. The quantitative estimate of drug-likeness (QED) is 0.763. The molecule has 27 heavy (non-hydrogen) atoms. The van der Waals surface area contributed by atoms with Crippen molar-refractivity contribution >= 4 is 29.0 Å². The van der Waals surface area contributed by atoms with Gasteiger partial charge in [0, 0.05) is 19.0 Å². The molecule has 0 spiro atoms. The molecule has 1 aromatic rings. The monoisotopic (exact) mass is 408 g/mol. The summed E-state index contributed by atoms with van der Waals surface area (Å²) >= 11 is 12.2. The van der Waals surface area contributed by atoms with Gasteiger partial charge in [0.2, 0.25) is 0 Å². The highest BCUT2D eigenvalue weighted by molar-refractivity contribution is 6.42. The van der Waals surface area contributed by atoms with E-state index < -0.39 is 0 Å². The summed E-state index contributed by atoms with van der Waals surface area (Å²) in [4.78, 5) is 15.8. The molecule has 148 valence electrons. The third-order valence-corrected chi connectivity index (χ3v) is 7.52. The van der Waals surface area contributed by atoms with Crippen LogP contribution in [-0.4, -0.2) is 42.4 Å². The third-order valence-electron chi connectivity index (χ3n) is 6.79. The number of nitrogens with one attached hydrogen (secondary N) is 1. The van der Waals surface area contributed by atoms with Crippen molar-refractivity contribution in [1.29, 1.82) is 0 Å². The molecular weight excluding hydrogens is 379 g/mol. The zero-order valence-electron chi connectivity index (χ0n) is 15.9. The van der Waals surface area contributed by atoms with E-state index >= 15 is 0 Å². The van der Waals surface area contributed by atoms with Crippen molar-refractivity contribution in [2.24, 2.45) is 11.8 Å². The number of Topliss-reactive ketones (excluding diaryl/α,β-unsaturated/α-hetero) is 1. The van der Waals surface area contributed by atoms with Crippen LogP contribution in [0.25, 0.3) is 0 Å². The Hall–Kier alpha value is -0.610. The Morgan fingerprint density at radius 2 is 1.85 bits per heavy atom. The van der Waals surface area contributed by atoms with Crippen molar-refractivity contribution in [2.75, 3.05) is 19.6 Å². The van der Waals surface area contributed by atoms with E-state index in [4.69, 9.17) is 23.2 Å². The van der Waals surface area contributed by atoms with Gasteiger partial charge in [-0.3, -0.25) is 4.79 Å². The average Bonchev–Trinajstić information content (AvgIpc) is 3.17. The number of nitrogens with zero attached hydrogens (tertiary/aromatic N) is 1. The van der Waals surface area contributed by atoms with Gasteiger partial charge in [-0.2, -0.15) is 0 Å². The largest absolute Gasteiger partial charge is 0.303 e. The summed E-state index contributed by atoms with van der Waals surface area (Å²) in [7, 11) is 0. The van der Waals surface area contributed by atoms with Gasteiger partial charge in [-0.25, -0.2) is 0 Å². The van der Waals surface area contributed by atoms with Crippen molar-refractivity contribution in [2.45, 2.75) is 63.5 Å². The molecular formula is C22H30Cl2N2O. The Morgan fingerprint density at radius 1 is 1.07 bits per heavy atom. The molecule has 2 aliphatic heterocycles. The maximum atomic E-state index is 13.2. The number of carbonyl (C=O) groups excluding carboxylic acids is 1. The molecule has 0 aromatic heterocycles. The minimum Gasteiger partial charge on any atom is -0.303 e. The smallest absolute Gasteiger partial charge is 0.154 e. The van der Waals surface area contributed by atoms with E-state index in [0.29, 0.717) is 40.1 Å². The van der Waals surface area contributed by atoms with Gasteiger partial charge >= 0.3 is 0 Å². The number of ketones is 1. The Morgan fingerprint density at radius 3 is 2.63 bits per heavy atom. The van der Waals surface area contributed by atoms with Crippen LogP contribution in [0.2, 0.25) is 10.0 Å². The summed E-state index contributed by atoms with van der Waals surface area (Å²) in [6, 6.07) is 6.00. The summed E-state index contributed by atoms with van der Waals surface area (Å²) in [5, 5.41) is 4.85. The second-order valence-electron chi connectivity index (χ2n) is 8.68. The van der Waals surface area contributed by atoms with Crippen LogP contribution in [0.4, 0.5) is 0 Å². The zero-order chi connectivity index (χ0) is 18.8. The van der Waals surface area contributed by atoms with Crippen LogP contribution in [-0.2, 0) is 11.2 Å². The molecule has 2 saturated heterocycles. The molecule has 4 unspecified atom stereocenters. The van der Waals surface area contributed by atoms with Gasteiger partial charge in [-0.15, -0.1) is 0 Å². The lowest BCUT2D eigenvalue weighted by molar-refractivity contribution is -0.124. The molecule has 1 aliphatic carbocycles. The van der Waals surface area contributed by atoms with E-state index in [-0.39, 0.29) is 6.04 Å². The molecule has 4 atom stereocenters. The molecule has 2 heterocycles. The van der Waals surface area contributed by atoms with Crippen LogP contribution < -0.4 is 5.32 Å². The fraction of sp³-hybridized carbons (Fsp3) is 0.682. The second kappa shape index (κ2) is 8.82. The molecule has 1 aromatic carbocycles. The lowest BCUT2D eigenvalue weighted by Gasteiger charge is -2.45. The highest BCUT2D eigenvalue weighted by Crippen LogP contribution is 2.39. The van der Waals surface area contributed by atoms with E-state index in [9.17, 15) is 4.79 Å². The van der Waals surface area contributed by atoms with Crippen LogP contribution in [0.5, 0.6) is 0 Å².